The largest absolute Gasteiger partial charge is 0.475 e. The van der Waals surface area contributed by atoms with E-state index in [9.17, 15) is 4.79 Å². The number of carboxylic acid groups (broad SMARTS) is 1. The number of imidazole rings is 1. The predicted octanol–water partition coefficient (Wildman–Crippen LogP) is 2.14. The molecule has 2 aromatic rings. The Labute approximate surface area is 84.2 Å². The van der Waals surface area contributed by atoms with Crippen LogP contribution < -0.4 is 0 Å². The lowest BCUT2D eigenvalue weighted by Gasteiger charge is -1.92. The van der Waals surface area contributed by atoms with Gasteiger partial charge in [0.05, 0.1) is 16.8 Å². The van der Waals surface area contributed by atoms with Gasteiger partial charge < -0.3 is 10.1 Å². The van der Waals surface area contributed by atoms with Crippen molar-refractivity contribution in [3.8, 4) is 10.6 Å². The van der Waals surface area contributed by atoms with Crippen LogP contribution in [0.4, 0.5) is 0 Å². The zero-order valence-electron chi connectivity index (χ0n) is 7.44. The fraction of sp³-hybridized carbons (Fsp3) is 0.111. The summed E-state index contributed by atoms with van der Waals surface area (Å²) in [7, 11) is 0. The van der Waals surface area contributed by atoms with Crippen LogP contribution in [0.1, 0.15) is 16.2 Å². The summed E-state index contributed by atoms with van der Waals surface area (Å²) in [4.78, 5) is 18.1. The maximum absolute atomic E-state index is 10.6. The first-order valence-corrected chi connectivity index (χ1v) is 4.89. The Bertz CT molecular complexity index is 473. The average Bonchev–Trinajstić information content (AvgIpc) is 2.71. The van der Waals surface area contributed by atoms with Crippen LogP contribution in [0.15, 0.2) is 17.6 Å². The van der Waals surface area contributed by atoms with Crippen molar-refractivity contribution in [1.82, 2.24) is 9.97 Å². The van der Waals surface area contributed by atoms with Crippen LogP contribution in [0.25, 0.3) is 10.6 Å². The van der Waals surface area contributed by atoms with Crippen molar-refractivity contribution in [2.45, 2.75) is 6.92 Å². The van der Waals surface area contributed by atoms with E-state index in [-0.39, 0.29) is 5.82 Å². The van der Waals surface area contributed by atoms with Gasteiger partial charge in [0.2, 0.25) is 5.82 Å². The van der Waals surface area contributed by atoms with Crippen molar-refractivity contribution in [2.24, 2.45) is 0 Å². The topological polar surface area (TPSA) is 66.0 Å². The Morgan fingerprint density at radius 1 is 1.64 bits per heavy atom. The highest BCUT2D eigenvalue weighted by molar-refractivity contribution is 7.13. The number of thiophene rings is 1. The highest BCUT2D eigenvalue weighted by Crippen LogP contribution is 2.27. The predicted molar refractivity (Wildman–Crippen MR) is 53.6 cm³/mol. The highest BCUT2D eigenvalue weighted by Gasteiger charge is 2.10. The zero-order valence-corrected chi connectivity index (χ0v) is 8.26. The van der Waals surface area contributed by atoms with E-state index in [1.165, 1.54) is 0 Å². The monoisotopic (exact) mass is 208 g/mol. The van der Waals surface area contributed by atoms with Gasteiger partial charge in [-0.15, -0.1) is 11.3 Å². The van der Waals surface area contributed by atoms with Crippen LogP contribution in [0.3, 0.4) is 0 Å². The van der Waals surface area contributed by atoms with Gasteiger partial charge in [0.15, 0.2) is 0 Å². The molecule has 0 aliphatic carbocycles. The molecule has 0 aliphatic rings. The summed E-state index contributed by atoms with van der Waals surface area (Å²) < 4.78 is 0. The Morgan fingerprint density at radius 2 is 2.43 bits per heavy atom. The Kier molecular flexibility index (Phi) is 2.09. The first kappa shape index (κ1) is 8.96. The molecule has 0 spiro atoms. The molecule has 14 heavy (non-hydrogen) atoms. The van der Waals surface area contributed by atoms with Gasteiger partial charge in [-0.3, -0.25) is 0 Å². The quantitative estimate of drug-likeness (QED) is 0.794. The number of rotatable bonds is 2. The van der Waals surface area contributed by atoms with Crippen LogP contribution >= 0.6 is 11.3 Å². The van der Waals surface area contributed by atoms with Gasteiger partial charge in [-0.05, 0) is 23.9 Å². The average molecular weight is 208 g/mol. The van der Waals surface area contributed by atoms with Gasteiger partial charge in [0.1, 0.15) is 0 Å². The van der Waals surface area contributed by atoms with E-state index in [2.05, 4.69) is 9.97 Å². The van der Waals surface area contributed by atoms with Crippen LogP contribution in [0.5, 0.6) is 0 Å². The molecule has 0 saturated carbocycles. The second-order valence-corrected chi connectivity index (χ2v) is 3.80. The number of hydrogen-bond acceptors (Lipinski definition) is 3. The number of aromatic amines is 1. The van der Waals surface area contributed by atoms with Gasteiger partial charge >= 0.3 is 5.97 Å². The molecule has 4 nitrogen and oxygen atoms in total. The molecule has 0 bridgehead atoms. The van der Waals surface area contributed by atoms with E-state index in [0.29, 0.717) is 0 Å². The molecule has 0 fully saturated rings. The zero-order chi connectivity index (χ0) is 10.1. The summed E-state index contributed by atoms with van der Waals surface area (Å²) >= 11 is 1.56. The molecule has 72 valence electrons. The Balaban J connectivity index is 2.43. The molecule has 0 aromatic carbocycles. The summed E-state index contributed by atoms with van der Waals surface area (Å²) in [5, 5.41) is 10.6. The van der Waals surface area contributed by atoms with Crippen molar-refractivity contribution in [2.75, 3.05) is 0 Å². The third kappa shape index (κ3) is 1.42. The van der Waals surface area contributed by atoms with Crippen LogP contribution in [0, 0.1) is 6.92 Å². The molecule has 2 heterocycles. The minimum atomic E-state index is -1.04. The lowest BCUT2D eigenvalue weighted by atomic mass is 10.2. The van der Waals surface area contributed by atoms with E-state index in [4.69, 9.17) is 5.11 Å². The number of H-pyrrole nitrogens is 1. The molecule has 0 aliphatic heterocycles. The van der Waals surface area contributed by atoms with Gasteiger partial charge in [-0.1, -0.05) is 0 Å². The number of aryl methyl sites for hydroxylation is 1. The van der Waals surface area contributed by atoms with Crippen molar-refractivity contribution in [3.05, 3.63) is 29.0 Å². The third-order valence-corrected chi connectivity index (χ3v) is 2.93. The molecular formula is C9H8N2O2S. The van der Waals surface area contributed by atoms with Crippen molar-refractivity contribution in [1.29, 1.82) is 0 Å². The number of nitrogens with one attached hydrogen (secondary N) is 1. The summed E-state index contributed by atoms with van der Waals surface area (Å²) in [6, 6.07) is 1.99. The summed E-state index contributed by atoms with van der Waals surface area (Å²) in [6.45, 7) is 1.98. The second kappa shape index (κ2) is 3.26. The van der Waals surface area contributed by atoms with Crippen molar-refractivity contribution in [3.63, 3.8) is 0 Å². The number of carboxylic acids is 1. The maximum Gasteiger partial charge on any atom is 0.371 e. The fourth-order valence-electron chi connectivity index (χ4n) is 1.19. The van der Waals surface area contributed by atoms with E-state index in [1.54, 1.807) is 17.5 Å². The Hall–Kier alpha value is -1.62. The van der Waals surface area contributed by atoms with E-state index in [0.717, 1.165) is 16.1 Å². The highest BCUT2D eigenvalue weighted by atomic mass is 32.1. The molecule has 0 atom stereocenters. The lowest BCUT2D eigenvalue weighted by Crippen LogP contribution is -1.98. The van der Waals surface area contributed by atoms with Gasteiger partial charge in [0, 0.05) is 0 Å². The fourth-order valence-corrected chi connectivity index (χ4v) is 2.09. The number of aromatic carboxylic acids is 1. The number of aromatic nitrogens is 2. The van der Waals surface area contributed by atoms with Gasteiger partial charge in [0.25, 0.3) is 0 Å². The smallest absolute Gasteiger partial charge is 0.371 e. The molecule has 2 aromatic heterocycles. The third-order valence-electron chi connectivity index (χ3n) is 1.89. The van der Waals surface area contributed by atoms with Gasteiger partial charge in [-0.25, -0.2) is 9.78 Å². The molecule has 0 radical (unpaired) electrons. The molecular weight excluding hydrogens is 200 g/mol. The lowest BCUT2D eigenvalue weighted by molar-refractivity contribution is 0.0685. The van der Waals surface area contributed by atoms with E-state index >= 15 is 0 Å². The molecule has 5 heteroatoms. The molecule has 0 unspecified atom stereocenters. The van der Waals surface area contributed by atoms with Crippen molar-refractivity contribution < 1.29 is 9.90 Å². The summed E-state index contributed by atoms with van der Waals surface area (Å²) in [6.07, 6.45) is 1.54. The Morgan fingerprint density at radius 3 is 2.93 bits per heavy atom. The second-order valence-electron chi connectivity index (χ2n) is 2.88. The van der Waals surface area contributed by atoms with Crippen LogP contribution in [0.2, 0.25) is 0 Å². The van der Waals surface area contributed by atoms with Gasteiger partial charge in [-0.2, -0.15) is 0 Å². The minimum absolute atomic E-state index is 0.0206. The van der Waals surface area contributed by atoms with Crippen LogP contribution in [-0.4, -0.2) is 21.0 Å². The van der Waals surface area contributed by atoms with E-state index in [1.807, 2.05) is 18.4 Å². The van der Waals surface area contributed by atoms with E-state index < -0.39 is 5.97 Å². The molecule has 0 amide bonds. The number of hydrogen-bond donors (Lipinski definition) is 2. The summed E-state index contributed by atoms with van der Waals surface area (Å²) in [5.74, 6) is -1.06. The first-order chi connectivity index (χ1) is 6.68. The maximum atomic E-state index is 10.6. The number of nitrogens with zero attached hydrogens (tertiary/aromatic N) is 1. The molecule has 2 rings (SSSR count). The van der Waals surface area contributed by atoms with Crippen LogP contribution in [-0.2, 0) is 0 Å². The summed E-state index contributed by atoms with van der Waals surface area (Å²) in [5.41, 5.74) is 1.88. The number of carbonyl (C=O) groups is 1. The van der Waals surface area contributed by atoms with Crippen molar-refractivity contribution >= 4 is 17.3 Å². The molecule has 2 N–H and O–H groups in total. The SMILES string of the molecule is Cc1ccsc1-c1cnc(C(=O)O)[nH]1. The standard InChI is InChI=1S/C9H8N2O2S/c1-5-2-3-14-7(5)6-4-10-8(11-6)9(12)13/h2-4H,1H3,(H,10,11)(H,12,13). The first-order valence-electron chi connectivity index (χ1n) is 4.01. The molecule has 0 saturated heterocycles. The minimum Gasteiger partial charge on any atom is -0.475 e. The normalized spacial score (nSPS) is 10.4.